The van der Waals surface area contributed by atoms with Crippen molar-refractivity contribution in [2.75, 3.05) is 20.3 Å². The van der Waals surface area contributed by atoms with Gasteiger partial charge in [0.1, 0.15) is 6.61 Å². The number of ketones is 2. The Kier molecular flexibility index (Phi) is 7.95. The number of Topliss-reactive ketones (excluding diaryl/α,β-unsaturated/α-hetero) is 2. The van der Waals surface area contributed by atoms with Crippen LogP contribution in [0, 0.1) is 10.8 Å². The van der Waals surface area contributed by atoms with E-state index in [2.05, 4.69) is 63.4 Å². The van der Waals surface area contributed by atoms with Crippen LogP contribution in [0.25, 0.3) is 0 Å². The summed E-state index contributed by atoms with van der Waals surface area (Å²) in [7, 11) is 1.57. The van der Waals surface area contributed by atoms with Gasteiger partial charge in [-0.2, -0.15) is 0 Å². The number of ether oxygens (including phenoxy) is 2. The van der Waals surface area contributed by atoms with Crippen LogP contribution in [0.15, 0.2) is 77.7 Å². The number of methoxy groups -OCH3 is 1. The Morgan fingerprint density at radius 3 is 2.07 bits per heavy atom. The molecule has 2 aromatic rings. The molecule has 0 aromatic heterocycles. The first kappa shape index (κ1) is 29.2. The fourth-order valence-electron chi connectivity index (χ4n) is 6.73. The second-order valence-electron chi connectivity index (χ2n) is 13.1. The maximum atomic E-state index is 14.1. The Balaban J connectivity index is 1.71. The third-order valence-corrected chi connectivity index (χ3v) is 8.70. The molecule has 0 saturated heterocycles. The summed E-state index contributed by atoms with van der Waals surface area (Å²) in [5.41, 5.74) is 5.17. The van der Waals surface area contributed by atoms with E-state index in [-0.39, 0.29) is 29.0 Å². The zero-order valence-electron chi connectivity index (χ0n) is 24.8. The van der Waals surface area contributed by atoms with Gasteiger partial charge in [0.15, 0.2) is 23.1 Å². The number of nitrogens with zero attached hydrogens (tertiary/aromatic N) is 1. The van der Waals surface area contributed by atoms with Crippen LogP contribution < -0.4 is 9.47 Å². The summed E-state index contributed by atoms with van der Waals surface area (Å²) < 4.78 is 11.5. The summed E-state index contributed by atoms with van der Waals surface area (Å²) in [5.74, 6) is 0.584. The molecular weight excluding hydrogens is 534 g/mol. The van der Waals surface area contributed by atoms with Crippen LogP contribution in [-0.4, -0.2) is 36.7 Å². The monoisotopic (exact) mass is 573 g/mol. The Morgan fingerprint density at radius 1 is 0.951 bits per heavy atom. The van der Waals surface area contributed by atoms with Crippen molar-refractivity contribution in [1.29, 1.82) is 0 Å². The average Bonchev–Trinajstić information content (AvgIpc) is 2.89. The van der Waals surface area contributed by atoms with Gasteiger partial charge in [-0.3, -0.25) is 9.59 Å². The molecule has 41 heavy (non-hydrogen) atoms. The highest BCUT2D eigenvalue weighted by molar-refractivity contribution is 6.32. The van der Waals surface area contributed by atoms with Crippen molar-refractivity contribution in [2.45, 2.75) is 65.7 Å². The van der Waals surface area contributed by atoms with Crippen molar-refractivity contribution < 1.29 is 19.1 Å². The second kappa shape index (κ2) is 11.2. The van der Waals surface area contributed by atoms with E-state index in [1.807, 2.05) is 18.2 Å². The predicted octanol–water partition coefficient (Wildman–Crippen LogP) is 7.84. The summed E-state index contributed by atoms with van der Waals surface area (Å²) in [6.07, 6.45) is 4.85. The Morgan fingerprint density at radius 2 is 1.54 bits per heavy atom. The molecule has 216 valence electrons. The average molecular weight is 574 g/mol. The second-order valence-corrected chi connectivity index (χ2v) is 13.5. The van der Waals surface area contributed by atoms with Crippen LogP contribution >= 0.6 is 11.6 Å². The van der Waals surface area contributed by atoms with E-state index in [9.17, 15) is 9.59 Å². The summed E-state index contributed by atoms with van der Waals surface area (Å²) in [6, 6.07) is 14.1. The van der Waals surface area contributed by atoms with E-state index in [1.54, 1.807) is 13.2 Å². The van der Waals surface area contributed by atoms with Crippen LogP contribution in [0.3, 0.4) is 0 Å². The van der Waals surface area contributed by atoms with Crippen LogP contribution in [-0.2, 0) is 16.0 Å². The topological polar surface area (TPSA) is 55.8 Å². The minimum atomic E-state index is -0.500. The van der Waals surface area contributed by atoms with Crippen LogP contribution in [0.2, 0.25) is 5.02 Å². The highest BCUT2D eigenvalue weighted by atomic mass is 35.5. The zero-order valence-corrected chi connectivity index (χ0v) is 25.6. The molecule has 5 rings (SSSR count). The summed E-state index contributed by atoms with van der Waals surface area (Å²) >= 11 is 6.78. The molecule has 3 aliphatic rings. The maximum Gasteiger partial charge on any atom is 0.180 e. The first-order valence-corrected chi connectivity index (χ1v) is 14.8. The van der Waals surface area contributed by atoms with Gasteiger partial charge in [-0.15, -0.1) is 0 Å². The highest BCUT2D eigenvalue weighted by Crippen LogP contribution is 2.55. The molecule has 0 amide bonds. The minimum Gasteiger partial charge on any atom is -0.493 e. The third kappa shape index (κ3) is 5.74. The van der Waals surface area contributed by atoms with Crippen LogP contribution in [0.4, 0.5) is 0 Å². The fourth-order valence-corrected chi connectivity index (χ4v) is 7.00. The smallest absolute Gasteiger partial charge is 0.180 e. The third-order valence-electron chi connectivity index (χ3n) is 8.42. The van der Waals surface area contributed by atoms with Gasteiger partial charge >= 0.3 is 0 Å². The van der Waals surface area contributed by atoms with Crippen molar-refractivity contribution in [3.8, 4) is 11.5 Å². The number of allylic oxidation sites excluding steroid dienone is 4. The normalized spacial score (nSPS) is 20.1. The molecule has 0 fully saturated rings. The number of hydrogen-bond acceptors (Lipinski definition) is 5. The Hall–Kier alpha value is -3.31. The largest absolute Gasteiger partial charge is 0.493 e. The van der Waals surface area contributed by atoms with E-state index in [0.717, 1.165) is 47.4 Å². The molecule has 0 spiro atoms. The molecule has 6 heteroatoms. The van der Waals surface area contributed by atoms with Gasteiger partial charge in [0.05, 0.1) is 12.1 Å². The maximum absolute atomic E-state index is 14.1. The molecule has 5 nitrogen and oxygen atoms in total. The minimum absolute atomic E-state index is 0.0946. The van der Waals surface area contributed by atoms with Crippen LogP contribution in [0.5, 0.6) is 11.5 Å². The molecule has 0 atom stereocenters. The fraction of sp³-hybridized carbons (Fsp3) is 0.429. The number of carbonyl (C=O) groups excluding carboxylic acids is 2. The molecule has 0 radical (unpaired) electrons. The number of carbonyl (C=O) groups is 2. The molecule has 0 N–H and O–H groups in total. The molecule has 1 heterocycles. The Bertz CT molecular complexity index is 1400. The predicted molar refractivity (Wildman–Crippen MR) is 163 cm³/mol. The number of halogens is 1. The first-order valence-electron chi connectivity index (χ1n) is 14.4. The van der Waals surface area contributed by atoms with E-state index in [4.69, 9.17) is 21.1 Å². The summed E-state index contributed by atoms with van der Waals surface area (Å²) in [4.78, 5) is 30.5. The first-order chi connectivity index (χ1) is 19.4. The van der Waals surface area contributed by atoms with Crippen molar-refractivity contribution in [1.82, 2.24) is 4.90 Å². The van der Waals surface area contributed by atoms with E-state index < -0.39 is 5.92 Å². The Labute approximate surface area is 248 Å². The number of benzene rings is 2. The molecule has 0 saturated carbocycles. The molecule has 2 aromatic carbocycles. The van der Waals surface area contributed by atoms with Gasteiger partial charge in [0, 0.05) is 47.8 Å². The van der Waals surface area contributed by atoms with Crippen LogP contribution in [0.1, 0.15) is 70.4 Å². The van der Waals surface area contributed by atoms with Crippen molar-refractivity contribution in [3.05, 3.63) is 93.8 Å². The van der Waals surface area contributed by atoms with Crippen molar-refractivity contribution in [2.24, 2.45) is 10.8 Å². The molecule has 0 unspecified atom stereocenters. The lowest BCUT2D eigenvalue weighted by molar-refractivity contribution is -0.119. The van der Waals surface area contributed by atoms with Crippen molar-refractivity contribution in [3.63, 3.8) is 0 Å². The van der Waals surface area contributed by atoms with Gasteiger partial charge in [-0.05, 0) is 53.4 Å². The van der Waals surface area contributed by atoms with E-state index >= 15 is 0 Å². The molecule has 0 bridgehead atoms. The lowest BCUT2D eigenvalue weighted by Gasteiger charge is -2.49. The zero-order chi connectivity index (χ0) is 29.5. The van der Waals surface area contributed by atoms with E-state index in [0.29, 0.717) is 35.9 Å². The highest BCUT2D eigenvalue weighted by Gasteiger charge is 2.49. The summed E-state index contributed by atoms with van der Waals surface area (Å²) in [5, 5.41) is 0.379. The van der Waals surface area contributed by atoms with Gasteiger partial charge < -0.3 is 14.4 Å². The number of hydrogen-bond donors (Lipinski definition) is 0. The molecule has 1 aliphatic heterocycles. The van der Waals surface area contributed by atoms with Gasteiger partial charge in [0.25, 0.3) is 0 Å². The van der Waals surface area contributed by atoms with Gasteiger partial charge in [-0.1, -0.05) is 82.3 Å². The van der Waals surface area contributed by atoms with Gasteiger partial charge in [-0.25, -0.2) is 0 Å². The standard InChI is InChI=1S/C35H40ClNO4/c1-7-15-41-33-24(36)16-23(17-29(33)40-6)30-31-25(18-34(2,3)20-27(31)38)37(14-13-22-11-9-8-10-12-22)26-19-35(4,5)21-28(39)32(26)30/h7-12,16-17,30H,1,13-15,18-21H2,2-6H3. The molecule has 2 aliphatic carbocycles. The molecular formula is C35H40ClNO4. The van der Waals surface area contributed by atoms with Gasteiger partial charge in [0.2, 0.25) is 0 Å². The van der Waals surface area contributed by atoms with E-state index in [1.165, 1.54) is 5.56 Å². The summed E-state index contributed by atoms with van der Waals surface area (Å²) in [6.45, 7) is 13.3. The van der Waals surface area contributed by atoms with Crippen molar-refractivity contribution >= 4 is 23.2 Å². The lowest BCUT2D eigenvalue weighted by Crippen LogP contribution is -2.45. The number of rotatable bonds is 8. The SMILES string of the molecule is C=CCOc1c(Cl)cc(C2C3=C(CC(C)(C)CC3=O)N(CCc3ccccc3)C3=C2C(=O)CC(C)(C)C3)cc1OC. The quantitative estimate of drug-likeness (QED) is 0.301. The lowest BCUT2D eigenvalue weighted by atomic mass is 9.63.